The fraction of sp³-hybridized carbons (Fsp3) is 0.261. The maximum absolute atomic E-state index is 13.0. The van der Waals surface area contributed by atoms with Crippen LogP contribution >= 0.6 is 0 Å². The third kappa shape index (κ3) is 3.23. The molecule has 28 heavy (non-hydrogen) atoms. The van der Waals surface area contributed by atoms with E-state index >= 15 is 0 Å². The molecule has 5 nitrogen and oxygen atoms in total. The van der Waals surface area contributed by atoms with E-state index in [1.165, 1.54) is 0 Å². The van der Waals surface area contributed by atoms with Crippen LogP contribution in [-0.2, 0) is 0 Å². The molecule has 144 valence electrons. The molecule has 0 aromatic heterocycles. The van der Waals surface area contributed by atoms with E-state index in [2.05, 4.69) is 0 Å². The number of phenolic OH excluding ortho intramolecular Hbond substituents is 1. The molecule has 0 saturated carbocycles. The van der Waals surface area contributed by atoms with Crippen molar-refractivity contribution in [2.45, 2.75) is 12.1 Å². The van der Waals surface area contributed by atoms with Crippen LogP contribution in [0.5, 0.6) is 5.75 Å². The minimum atomic E-state index is -0.552. The van der Waals surface area contributed by atoms with Crippen LogP contribution in [0.1, 0.15) is 10.4 Å². The molecule has 0 bridgehead atoms. The number of fused-ring (bicyclic) bond motifs is 1. The van der Waals surface area contributed by atoms with E-state index in [1.807, 2.05) is 67.5 Å². The molecule has 1 aliphatic heterocycles. The Bertz CT molecular complexity index is 1030. The van der Waals surface area contributed by atoms with Crippen molar-refractivity contribution >= 4 is 16.7 Å². The maximum Gasteiger partial charge on any atom is 0.254 e. The molecule has 1 aliphatic rings. The first-order chi connectivity index (χ1) is 13.5. The van der Waals surface area contributed by atoms with Crippen molar-refractivity contribution in [3.8, 4) is 16.9 Å². The molecule has 3 aromatic carbocycles. The molecule has 4 rings (SSSR count). The first-order valence-electron chi connectivity index (χ1n) is 9.40. The zero-order valence-corrected chi connectivity index (χ0v) is 16.0. The van der Waals surface area contributed by atoms with Crippen LogP contribution < -0.4 is 0 Å². The quantitative estimate of drug-likeness (QED) is 0.738. The number of carbonyl (C=O) groups is 1. The van der Waals surface area contributed by atoms with Crippen LogP contribution in [0, 0.1) is 0 Å². The molecular weight excluding hydrogens is 352 g/mol. The Hall–Kier alpha value is -2.89. The SMILES string of the molecule is CN(C)[C@H]1CN(C(=O)c2cccc(-c3c(O)ccc4ccccc34)c2)C[C@@H]1O. The number of β-amino-alcohol motifs (C(OH)–C–C–N with tert-alkyl or cyclic N) is 1. The fourth-order valence-electron chi connectivity index (χ4n) is 4.00. The molecule has 2 atom stereocenters. The fourth-order valence-corrected chi connectivity index (χ4v) is 4.00. The number of phenols is 1. The Kier molecular flexibility index (Phi) is 4.79. The Balaban J connectivity index is 1.70. The van der Waals surface area contributed by atoms with Gasteiger partial charge in [-0.3, -0.25) is 4.79 Å². The molecule has 3 aromatic rings. The molecular formula is C23H24N2O3. The number of carbonyl (C=O) groups excluding carboxylic acids is 1. The van der Waals surface area contributed by atoms with Crippen molar-refractivity contribution in [1.82, 2.24) is 9.80 Å². The molecule has 1 heterocycles. The lowest BCUT2D eigenvalue weighted by Gasteiger charge is -2.21. The summed E-state index contributed by atoms with van der Waals surface area (Å²) in [5.41, 5.74) is 2.07. The van der Waals surface area contributed by atoms with E-state index in [4.69, 9.17) is 0 Å². The predicted molar refractivity (Wildman–Crippen MR) is 110 cm³/mol. The largest absolute Gasteiger partial charge is 0.507 e. The molecule has 0 spiro atoms. The highest BCUT2D eigenvalue weighted by molar-refractivity contribution is 6.01. The van der Waals surface area contributed by atoms with Crippen LogP contribution in [0.2, 0.25) is 0 Å². The minimum Gasteiger partial charge on any atom is -0.507 e. The molecule has 0 aliphatic carbocycles. The van der Waals surface area contributed by atoms with Gasteiger partial charge in [-0.05, 0) is 48.6 Å². The monoisotopic (exact) mass is 376 g/mol. The topological polar surface area (TPSA) is 64.0 Å². The second-order valence-corrected chi connectivity index (χ2v) is 7.57. The zero-order valence-electron chi connectivity index (χ0n) is 16.0. The van der Waals surface area contributed by atoms with Gasteiger partial charge in [-0.25, -0.2) is 0 Å². The average Bonchev–Trinajstić information content (AvgIpc) is 3.09. The molecule has 1 amide bonds. The Morgan fingerprint density at radius 3 is 2.57 bits per heavy atom. The van der Waals surface area contributed by atoms with Crippen LogP contribution in [-0.4, -0.2) is 65.3 Å². The van der Waals surface area contributed by atoms with Crippen molar-refractivity contribution in [1.29, 1.82) is 0 Å². The second-order valence-electron chi connectivity index (χ2n) is 7.57. The number of aromatic hydroxyl groups is 1. The van der Waals surface area contributed by atoms with Gasteiger partial charge in [0.15, 0.2) is 0 Å². The van der Waals surface area contributed by atoms with E-state index in [9.17, 15) is 15.0 Å². The van der Waals surface area contributed by atoms with Gasteiger partial charge in [0.25, 0.3) is 5.91 Å². The van der Waals surface area contributed by atoms with Crippen LogP contribution in [0.4, 0.5) is 0 Å². The zero-order chi connectivity index (χ0) is 19.8. The Morgan fingerprint density at radius 1 is 1.04 bits per heavy atom. The van der Waals surface area contributed by atoms with Crippen LogP contribution in [0.25, 0.3) is 21.9 Å². The minimum absolute atomic E-state index is 0.0609. The predicted octanol–water partition coefficient (Wildman–Crippen LogP) is 2.96. The number of likely N-dealkylation sites (tertiary alicyclic amines) is 1. The summed E-state index contributed by atoms with van der Waals surface area (Å²) in [5.74, 6) is 0.0811. The van der Waals surface area contributed by atoms with E-state index in [0.717, 1.165) is 21.9 Å². The summed E-state index contributed by atoms with van der Waals surface area (Å²) in [7, 11) is 3.82. The lowest BCUT2D eigenvalue weighted by Crippen LogP contribution is -2.38. The number of aliphatic hydroxyl groups excluding tert-OH is 1. The summed E-state index contributed by atoms with van der Waals surface area (Å²) in [6.45, 7) is 0.822. The van der Waals surface area contributed by atoms with Gasteiger partial charge >= 0.3 is 0 Å². The molecule has 5 heteroatoms. The Labute approximate surface area is 164 Å². The number of hydrogen-bond donors (Lipinski definition) is 2. The van der Waals surface area contributed by atoms with E-state index < -0.39 is 6.10 Å². The van der Waals surface area contributed by atoms with Gasteiger partial charge in [-0.15, -0.1) is 0 Å². The first-order valence-corrected chi connectivity index (χ1v) is 9.40. The van der Waals surface area contributed by atoms with Crippen LogP contribution in [0.3, 0.4) is 0 Å². The van der Waals surface area contributed by atoms with Crippen LogP contribution in [0.15, 0.2) is 60.7 Å². The Morgan fingerprint density at radius 2 is 1.82 bits per heavy atom. The van der Waals surface area contributed by atoms with Gasteiger partial charge in [0, 0.05) is 24.2 Å². The standard InChI is InChI=1S/C23H24N2O3/c1-24(2)19-13-25(14-21(19)27)23(28)17-8-5-7-16(12-17)22-18-9-4-3-6-15(18)10-11-20(22)26/h3-12,19,21,26-27H,13-14H2,1-2H3/t19-,21-/m0/s1. The highest BCUT2D eigenvalue weighted by Crippen LogP contribution is 2.36. The summed E-state index contributed by atoms with van der Waals surface area (Å²) in [5, 5.41) is 22.7. The van der Waals surface area contributed by atoms with Gasteiger partial charge < -0.3 is 20.0 Å². The number of hydrogen-bond acceptors (Lipinski definition) is 4. The van der Waals surface area contributed by atoms with Crippen molar-refractivity contribution in [2.75, 3.05) is 27.2 Å². The van der Waals surface area contributed by atoms with Crippen molar-refractivity contribution in [2.24, 2.45) is 0 Å². The van der Waals surface area contributed by atoms with Gasteiger partial charge in [0.1, 0.15) is 5.75 Å². The normalized spacial score (nSPS) is 19.5. The number of likely N-dealkylation sites (N-methyl/N-ethyl adjacent to an activating group) is 1. The van der Waals surface area contributed by atoms with E-state index in [-0.39, 0.29) is 17.7 Å². The molecule has 0 unspecified atom stereocenters. The summed E-state index contributed by atoms with van der Waals surface area (Å²) in [4.78, 5) is 16.7. The third-order valence-corrected chi connectivity index (χ3v) is 5.51. The van der Waals surface area contributed by atoms with Crippen molar-refractivity contribution < 1.29 is 15.0 Å². The van der Waals surface area contributed by atoms with Crippen molar-refractivity contribution in [3.63, 3.8) is 0 Å². The number of nitrogens with zero attached hydrogens (tertiary/aromatic N) is 2. The molecule has 2 N–H and O–H groups in total. The maximum atomic E-state index is 13.0. The number of aliphatic hydroxyl groups is 1. The number of benzene rings is 3. The third-order valence-electron chi connectivity index (χ3n) is 5.51. The van der Waals surface area contributed by atoms with E-state index in [1.54, 1.807) is 17.0 Å². The second kappa shape index (κ2) is 7.26. The smallest absolute Gasteiger partial charge is 0.254 e. The van der Waals surface area contributed by atoms with Crippen molar-refractivity contribution in [3.05, 3.63) is 66.2 Å². The highest BCUT2D eigenvalue weighted by Gasteiger charge is 2.35. The summed E-state index contributed by atoms with van der Waals surface area (Å²) < 4.78 is 0. The number of rotatable bonds is 3. The summed E-state index contributed by atoms with van der Waals surface area (Å²) >= 11 is 0. The summed E-state index contributed by atoms with van der Waals surface area (Å²) in [6.07, 6.45) is -0.552. The first kappa shape index (κ1) is 18.5. The molecule has 1 saturated heterocycles. The summed E-state index contributed by atoms with van der Waals surface area (Å²) in [6, 6.07) is 18.7. The van der Waals surface area contributed by atoms with E-state index in [0.29, 0.717) is 18.7 Å². The van der Waals surface area contributed by atoms with Gasteiger partial charge in [0.2, 0.25) is 0 Å². The van der Waals surface area contributed by atoms with Gasteiger partial charge in [-0.1, -0.05) is 42.5 Å². The number of amides is 1. The lowest BCUT2D eigenvalue weighted by atomic mass is 9.96. The average molecular weight is 376 g/mol. The van der Waals surface area contributed by atoms with Gasteiger partial charge in [-0.2, -0.15) is 0 Å². The molecule has 1 fully saturated rings. The molecule has 0 radical (unpaired) electrons. The van der Waals surface area contributed by atoms with Gasteiger partial charge in [0.05, 0.1) is 12.1 Å². The lowest BCUT2D eigenvalue weighted by molar-refractivity contribution is 0.0764. The highest BCUT2D eigenvalue weighted by atomic mass is 16.3.